The molecule has 0 saturated carbocycles. The van der Waals surface area contributed by atoms with Gasteiger partial charge in [-0.2, -0.15) is 0 Å². The third-order valence-electron chi connectivity index (χ3n) is 2.51. The van der Waals surface area contributed by atoms with Crippen LogP contribution in [0.25, 0.3) is 0 Å². The third-order valence-corrected chi connectivity index (χ3v) is 2.51. The van der Waals surface area contributed by atoms with Crippen LogP contribution in [0.2, 0.25) is 0 Å². The van der Waals surface area contributed by atoms with Crippen molar-refractivity contribution in [1.29, 1.82) is 0 Å². The van der Waals surface area contributed by atoms with Gasteiger partial charge in [0.2, 0.25) is 0 Å². The van der Waals surface area contributed by atoms with Crippen LogP contribution in [0.4, 0.5) is 0 Å². The van der Waals surface area contributed by atoms with Crippen LogP contribution >= 0.6 is 0 Å². The molecule has 1 atom stereocenters. The van der Waals surface area contributed by atoms with E-state index >= 15 is 0 Å². The second kappa shape index (κ2) is 2.06. The molecule has 2 rings (SSSR count). The van der Waals surface area contributed by atoms with Crippen molar-refractivity contribution in [3.05, 3.63) is 29.6 Å². The summed E-state index contributed by atoms with van der Waals surface area (Å²) in [6.07, 6.45) is 3.98. The molecule has 0 aliphatic heterocycles. The Bertz CT molecular complexity index is 348. The van der Waals surface area contributed by atoms with Crippen molar-refractivity contribution < 1.29 is 9.90 Å². The van der Waals surface area contributed by atoms with E-state index in [0.717, 1.165) is 11.1 Å². The Hall–Kier alpha value is -1.38. The first-order valence-electron chi connectivity index (χ1n) is 3.81. The summed E-state index contributed by atoms with van der Waals surface area (Å²) in [5.74, 6) is -0.749. The number of carboxylic acids is 1. The fourth-order valence-corrected chi connectivity index (χ4v) is 1.67. The zero-order valence-corrected chi connectivity index (χ0v) is 6.74. The third kappa shape index (κ3) is 0.706. The maximum absolute atomic E-state index is 10.8. The second-order valence-corrected chi connectivity index (χ2v) is 3.35. The summed E-state index contributed by atoms with van der Waals surface area (Å²) in [5.41, 5.74) is 1.30. The highest BCUT2D eigenvalue weighted by Crippen LogP contribution is 2.40. The molecule has 1 heterocycles. The molecule has 1 unspecified atom stereocenters. The van der Waals surface area contributed by atoms with Gasteiger partial charge in [0.15, 0.2) is 0 Å². The Labute approximate surface area is 70.1 Å². The normalized spacial score (nSPS) is 25.8. The van der Waals surface area contributed by atoms with E-state index in [1.54, 1.807) is 25.4 Å². The number of hydrogen-bond donors (Lipinski definition) is 1. The number of nitrogens with zero attached hydrogens (tertiary/aromatic N) is 1. The van der Waals surface area contributed by atoms with Crippen molar-refractivity contribution in [3.63, 3.8) is 0 Å². The van der Waals surface area contributed by atoms with Crippen LogP contribution < -0.4 is 0 Å². The minimum absolute atomic E-state index is 0.603. The van der Waals surface area contributed by atoms with Gasteiger partial charge in [-0.15, -0.1) is 0 Å². The molecule has 0 spiro atoms. The van der Waals surface area contributed by atoms with Crippen LogP contribution in [0.1, 0.15) is 18.1 Å². The first kappa shape index (κ1) is 7.28. The minimum atomic E-state index is -0.749. The lowest BCUT2D eigenvalue weighted by atomic mass is 9.66. The number of carbonyl (C=O) groups is 1. The Kier molecular flexibility index (Phi) is 1.25. The van der Waals surface area contributed by atoms with E-state index in [9.17, 15) is 4.79 Å². The summed E-state index contributed by atoms with van der Waals surface area (Å²) < 4.78 is 0. The topological polar surface area (TPSA) is 50.2 Å². The van der Waals surface area contributed by atoms with Gasteiger partial charge < -0.3 is 5.11 Å². The maximum Gasteiger partial charge on any atom is 0.314 e. The molecule has 12 heavy (non-hydrogen) atoms. The Balaban J connectivity index is 2.48. The van der Waals surface area contributed by atoms with Crippen molar-refractivity contribution >= 4 is 5.97 Å². The van der Waals surface area contributed by atoms with E-state index in [1.807, 2.05) is 0 Å². The zero-order chi connectivity index (χ0) is 8.77. The summed E-state index contributed by atoms with van der Waals surface area (Å²) >= 11 is 0. The number of aliphatic carboxylic acids is 1. The molecule has 1 aromatic heterocycles. The molecule has 0 bridgehead atoms. The Morgan fingerprint density at radius 2 is 2.50 bits per heavy atom. The van der Waals surface area contributed by atoms with Crippen LogP contribution in [0, 0.1) is 0 Å². The molecule has 0 fully saturated rings. The number of rotatable bonds is 1. The van der Waals surface area contributed by atoms with Crippen molar-refractivity contribution in [2.75, 3.05) is 0 Å². The summed E-state index contributed by atoms with van der Waals surface area (Å²) in [5, 5.41) is 8.92. The lowest BCUT2D eigenvalue weighted by Gasteiger charge is -2.36. The number of carboxylic acid groups (broad SMARTS) is 1. The average Bonchev–Trinajstić information content (AvgIpc) is 2.02. The smallest absolute Gasteiger partial charge is 0.314 e. The van der Waals surface area contributed by atoms with Gasteiger partial charge in [-0.1, -0.05) is 0 Å². The molecule has 62 valence electrons. The van der Waals surface area contributed by atoms with Crippen molar-refractivity contribution in [2.24, 2.45) is 0 Å². The molecule has 0 radical (unpaired) electrons. The molecular formula is C9H9NO2. The monoisotopic (exact) mass is 163 g/mol. The van der Waals surface area contributed by atoms with Crippen LogP contribution in [-0.4, -0.2) is 16.1 Å². The van der Waals surface area contributed by atoms with Gasteiger partial charge in [-0.3, -0.25) is 9.78 Å². The molecule has 0 saturated heterocycles. The van der Waals surface area contributed by atoms with E-state index in [-0.39, 0.29) is 0 Å². The van der Waals surface area contributed by atoms with Crippen LogP contribution in [0.3, 0.4) is 0 Å². The van der Waals surface area contributed by atoms with E-state index in [0.29, 0.717) is 6.42 Å². The average molecular weight is 163 g/mol. The molecule has 3 nitrogen and oxygen atoms in total. The first-order valence-corrected chi connectivity index (χ1v) is 3.81. The highest BCUT2D eigenvalue weighted by Gasteiger charge is 2.44. The molecular weight excluding hydrogens is 154 g/mol. The summed E-state index contributed by atoms with van der Waals surface area (Å²) in [6, 6.07) is 1.78. The largest absolute Gasteiger partial charge is 0.481 e. The van der Waals surface area contributed by atoms with Crippen molar-refractivity contribution in [1.82, 2.24) is 4.98 Å². The van der Waals surface area contributed by atoms with Gasteiger partial charge in [-0.05, 0) is 30.5 Å². The van der Waals surface area contributed by atoms with E-state index in [2.05, 4.69) is 4.98 Å². The van der Waals surface area contributed by atoms with E-state index in [4.69, 9.17) is 5.11 Å². The minimum Gasteiger partial charge on any atom is -0.481 e. The van der Waals surface area contributed by atoms with Crippen molar-refractivity contribution in [3.8, 4) is 0 Å². The highest BCUT2D eigenvalue weighted by molar-refractivity contribution is 5.84. The number of hydrogen-bond acceptors (Lipinski definition) is 2. The number of aromatic nitrogens is 1. The molecule has 0 aromatic carbocycles. The second-order valence-electron chi connectivity index (χ2n) is 3.35. The van der Waals surface area contributed by atoms with Crippen LogP contribution in [-0.2, 0) is 16.6 Å². The van der Waals surface area contributed by atoms with Gasteiger partial charge in [0.1, 0.15) is 0 Å². The summed E-state index contributed by atoms with van der Waals surface area (Å²) in [6.45, 7) is 1.75. The SMILES string of the molecule is CC1(C(=O)O)Cc2cnccc21. The Morgan fingerprint density at radius 1 is 1.75 bits per heavy atom. The quantitative estimate of drug-likeness (QED) is 0.671. The standard InChI is InChI=1S/C9H9NO2/c1-9(8(11)12)4-6-5-10-3-2-7(6)9/h2-3,5H,4H2,1H3,(H,11,12). The van der Waals surface area contributed by atoms with E-state index in [1.165, 1.54) is 0 Å². The lowest BCUT2D eigenvalue weighted by molar-refractivity contribution is -0.144. The van der Waals surface area contributed by atoms with Crippen LogP contribution in [0.15, 0.2) is 18.5 Å². The van der Waals surface area contributed by atoms with Gasteiger partial charge in [0, 0.05) is 12.4 Å². The van der Waals surface area contributed by atoms with Gasteiger partial charge >= 0.3 is 5.97 Å². The van der Waals surface area contributed by atoms with Gasteiger partial charge in [-0.25, -0.2) is 0 Å². The highest BCUT2D eigenvalue weighted by atomic mass is 16.4. The van der Waals surface area contributed by atoms with Gasteiger partial charge in [0.25, 0.3) is 0 Å². The van der Waals surface area contributed by atoms with E-state index < -0.39 is 11.4 Å². The molecule has 1 aromatic rings. The Morgan fingerprint density at radius 3 is 3.08 bits per heavy atom. The predicted octanol–water partition coefficient (Wildman–Crippen LogP) is 0.980. The zero-order valence-electron chi connectivity index (χ0n) is 6.74. The molecule has 1 aliphatic rings. The van der Waals surface area contributed by atoms with Crippen molar-refractivity contribution in [2.45, 2.75) is 18.8 Å². The summed E-state index contributed by atoms with van der Waals surface area (Å²) in [7, 11) is 0. The number of pyridine rings is 1. The molecule has 0 amide bonds. The molecule has 1 aliphatic carbocycles. The molecule has 1 N–H and O–H groups in total. The predicted molar refractivity (Wildman–Crippen MR) is 42.9 cm³/mol. The van der Waals surface area contributed by atoms with Gasteiger partial charge in [0.05, 0.1) is 5.41 Å². The maximum atomic E-state index is 10.8. The first-order chi connectivity index (χ1) is 5.64. The summed E-state index contributed by atoms with van der Waals surface area (Å²) in [4.78, 5) is 14.8. The number of fused-ring (bicyclic) bond motifs is 1. The fraction of sp³-hybridized carbons (Fsp3) is 0.333. The van der Waals surface area contributed by atoms with Crippen LogP contribution in [0.5, 0.6) is 0 Å². The molecule has 3 heteroatoms. The lowest BCUT2D eigenvalue weighted by Crippen LogP contribution is -2.43. The fourth-order valence-electron chi connectivity index (χ4n) is 1.67.